The molecule has 5 nitrogen and oxygen atoms in total. The maximum atomic E-state index is 12.9. The molecular weight excluding hydrogens is 414 g/mol. The van der Waals surface area contributed by atoms with Gasteiger partial charge in [0.05, 0.1) is 21.3 Å². The number of carbonyl (C=O) groups is 1. The third kappa shape index (κ3) is 4.67. The normalized spacial score (nSPS) is 18.7. The number of hydrogen-bond acceptors (Lipinski definition) is 4. The Morgan fingerprint density at radius 2 is 1.55 bits per heavy atom. The van der Waals surface area contributed by atoms with Crippen molar-refractivity contribution in [1.82, 2.24) is 0 Å². The molecule has 0 fully saturated rings. The Morgan fingerprint density at radius 1 is 0.909 bits per heavy atom. The van der Waals surface area contributed by atoms with E-state index >= 15 is 0 Å². The van der Waals surface area contributed by atoms with Gasteiger partial charge < -0.3 is 14.2 Å². The summed E-state index contributed by atoms with van der Waals surface area (Å²) in [5.74, 6) is 1.03. The lowest BCUT2D eigenvalue weighted by Crippen LogP contribution is -2.43. The maximum absolute atomic E-state index is 12.9. The molecule has 2 atom stereocenters. The summed E-state index contributed by atoms with van der Waals surface area (Å²) >= 11 is 0. The van der Waals surface area contributed by atoms with E-state index in [4.69, 9.17) is 14.2 Å². The summed E-state index contributed by atoms with van der Waals surface area (Å²) in [7, 11) is 4.68. The van der Waals surface area contributed by atoms with Crippen LogP contribution in [0.25, 0.3) is 6.08 Å². The van der Waals surface area contributed by atoms with Crippen molar-refractivity contribution < 1.29 is 23.6 Å². The molecular formula is C28H28NO4+. The van der Waals surface area contributed by atoms with E-state index in [0.717, 1.165) is 22.3 Å². The van der Waals surface area contributed by atoms with E-state index in [1.54, 1.807) is 14.2 Å². The summed E-state index contributed by atoms with van der Waals surface area (Å²) in [6.45, 7) is 0. The fourth-order valence-electron chi connectivity index (χ4n) is 4.36. The first-order valence-electron chi connectivity index (χ1n) is 10.9. The number of benzene rings is 3. The molecule has 168 valence electrons. The number of ether oxygens (including phenoxy) is 3. The van der Waals surface area contributed by atoms with Gasteiger partial charge in [0.15, 0.2) is 17.7 Å². The lowest BCUT2D eigenvalue weighted by molar-refractivity contribution is -0.586. The third-order valence-corrected chi connectivity index (χ3v) is 5.95. The van der Waals surface area contributed by atoms with Crippen LogP contribution in [-0.4, -0.2) is 44.1 Å². The zero-order valence-corrected chi connectivity index (χ0v) is 19.1. The molecule has 33 heavy (non-hydrogen) atoms. The standard InChI is InChI=1S/C28H28NO4/c1-31-25-18-22-17-24(28(30)33-3)29(16-10-13-20-11-6-4-7-12-20)27(21-14-8-5-9-15-21)23(22)19-26(25)32-2/h4-16,18-19,24,27H,17H2,1-3H3/q+1/b13-10+,29-16?/t24-,27+/m0/s1. The number of hydrogen-bond donors (Lipinski definition) is 0. The number of esters is 1. The van der Waals surface area contributed by atoms with Crippen LogP contribution < -0.4 is 9.47 Å². The van der Waals surface area contributed by atoms with Gasteiger partial charge in [-0.3, -0.25) is 0 Å². The summed E-state index contributed by atoms with van der Waals surface area (Å²) in [6.07, 6.45) is 6.49. The molecule has 0 saturated carbocycles. The number of allylic oxidation sites excluding steroid dienone is 1. The molecule has 0 unspecified atom stereocenters. The van der Waals surface area contributed by atoms with E-state index in [2.05, 4.69) is 16.7 Å². The van der Waals surface area contributed by atoms with Crippen LogP contribution >= 0.6 is 0 Å². The van der Waals surface area contributed by atoms with Crippen LogP contribution in [0.3, 0.4) is 0 Å². The molecule has 4 rings (SSSR count). The summed E-state index contributed by atoms with van der Waals surface area (Å²) in [5, 5.41) is 0. The first kappa shape index (κ1) is 22.3. The SMILES string of the molecule is COC(=O)[C@@H]1Cc2cc(OC)c(OC)cc2[C@@H](c2ccccc2)[N+]1=C/C=C/c1ccccc1. The molecule has 0 aliphatic carbocycles. The average molecular weight is 443 g/mol. The number of rotatable bonds is 6. The summed E-state index contributed by atoms with van der Waals surface area (Å²) < 4.78 is 18.4. The van der Waals surface area contributed by atoms with E-state index in [1.165, 1.54) is 7.11 Å². The van der Waals surface area contributed by atoms with Gasteiger partial charge in [-0.15, -0.1) is 0 Å². The predicted molar refractivity (Wildman–Crippen MR) is 129 cm³/mol. The quantitative estimate of drug-likeness (QED) is 0.411. The predicted octanol–water partition coefficient (Wildman–Crippen LogP) is 4.69. The largest absolute Gasteiger partial charge is 0.493 e. The molecule has 5 heteroatoms. The Bertz CT molecular complexity index is 1170. The zero-order valence-electron chi connectivity index (χ0n) is 19.1. The lowest BCUT2D eigenvalue weighted by atomic mass is 9.85. The Kier molecular flexibility index (Phi) is 6.89. The van der Waals surface area contributed by atoms with Gasteiger partial charge in [0, 0.05) is 23.6 Å². The minimum Gasteiger partial charge on any atom is -0.493 e. The van der Waals surface area contributed by atoms with Gasteiger partial charge in [0.25, 0.3) is 6.04 Å². The van der Waals surface area contributed by atoms with E-state index < -0.39 is 6.04 Å². The first-order chi connectivity index (χ1) is 16.2. The summed E-state index contributed by atoms with van der Waals surface area (Å²) in [5.41, 5.74) is 4.27. The summed E-state index contributed by atoms with van der Waals surface area (Å²) in [6, 6.07) is 23.5. The van der Waals surface area contributed by atoms with Gasteiger partial charge in [-0.05, 0) is 29.3 Å². The van der Waals surface area contributed by atoms with E-state index in [1.807, 2.05) is 79.0 Å². The molecule has 1 aliphatic rings. The van der Waals surface area contributed by atoms with Gasteiger partial charge in [0.2, 0.25) is 6.04 Å². The van der Waals surface area contributed by atoms with Crippen LogP contribution in [0, 0.1) is 0 Å². The van der Waals surface area contributed by atoms with Crippen molar-refractivity contribution in [2.75, 3.05) is 21.3 Å². The second-order valence-corrected chi connectivity index (χ2v) is 7.83. The molecule has 0 radical (unpaired) electrons. The van der Waals surface area contributed by atoms with Crippen LogP contribution in [0.1, 0.15) is 28.3 Å². The fourth-order valence-corrected chi connectivity index (χ4v) is 4.36. The Hall–Kier alpha value is -3.86. The van der Waals surface area contributed by atoms with Crippen LogP contribution in [0.2, 0.25) is 0 Å². The molecule has 0 saturated heterocycles. The van der Waals surface area contributed by atoms with Gasteiger partial charge in [-0.2, -0.15) is 0 Å². The van der Waals surface area contributed by atoms with Crippen molar-refractivity contribution in [2.24, 2.45) is 0 Å². The minimum atomic E-state index is -0.480. The second kappa shape index (κ2) is 10.2. The highest BCUT2D eigenvalue weighted by molar-refractivity contribution is 5.79. The highest BCUT2D eigenvalue weighted by Crippen LogP contribution is 2.41. The number of methoxy groups -OCH3 is 3. The molecule has 3 aromatic carbocycles. The lowest BCUT2D eigenvalue weighted by Gasteiger charge is -2.29. The van der Waals surface area contributed by atoms with Crippen molar-refractivity contribution >= 4 is 18.3 Å². The van der Waals surface area contributed by atoms with Crippen molar-refractivity contribution in [3.05, 3.63) is 101 Å². The van der Waals surface area contributed by atoms with E-state index in [-0.39, 0.29) is 12.0 Å². The molecule has 0 aromatic heterocycles. The second-order valence-electron chi connectivity index (χ2n) is 7.83. The monoisotopic (exact) mass is 442 g/mol. The molecule has 1 aliphatic heterocycles. The van der Waals surface area contributed by atoms with Crippen molar-refractivity contribution in [3.63, 3.8) is 0 Å². The Labute approximate surface area is 194 Å². The smallest absolute Gasteiger partial charge is 0.375 e. The van der Waals surface area contributed by atoms with Crippen molar-refractivity contribution in [1.29, 1.82) is 0 Å². The van der Waals surface area contributed by atoms with Crippen molar-refractivity contribution in [3.8, 4) is 11.5 Å². The molecule has 0 amide bonds. The zero-order chi connectivity index (χ0) is 23.2. The molecule has 3 aromatic rings. The van der Waals surface area contributed by atoms with Crippen LogP contribution in [0.15, 0.2) is 78.9 Å². The number of fused-ring (bicyclic) bond motifs is 1. The summed E-state index contributed by atoms with van der Waals surface area (Å²) in [4.78, 5) is 12.9. The minimum absolute atomic E-state index is 0.195. The molecule has 1 heterocycles. The number of nitrogens with zero attached hydrogens (tertiary/aromatic N) is 1. The van der Waals surface area contributed by atoms with Gasteiger partial charge in [-0.1, -0.05) is 60.7 Å². The average Bonchev–Trinajstić information content (AvgIpc) is 2.88. The van der Waals surface area contributed by atoms with Crippen LogP contribution in [0.4, 0.5) is 0 Å². The van der Waals surface area contributed by atoms with Crippen LogP contribution in [-0.2, 0) is 16.0 Å². The van der Waals surface area contributed by atoms with Crippen LogP contribution in [0.5, 0.6) is 11.5 Å². The first-order valence-corrected chi connectivity index (χ1v) is 10.9. The molecule has 0 N–H and O–H groups in total. The third-order valence-electron chi connectivity index (χ3n) is 5.95. The van der Waals surface area contributed by atoms with E-state index in [0.29, 0.717) is 17.9 Å². The Morgan fingerprint density at radius 3 is 2.18 bits per heavy atom. The van der Waals surface area contributed by atoms with Gasteiger partial charge in [0.1, 0.15) is 0 Å². The molecule has 0 spiro atoms. The number of carbonyl (C=O) groups excluding carboxylic acids is 1. The van der Waals surface area contributed by atoms with Gasteiger partial charge >= 0.3 is 5.97 Å². The van der Waals surface area contributed by atoms with Gasteiger partial charge in [-0.25, -0.2) is 9.37 Å². The Balaban J connectivity index is 1.89. The molecule has 0 bridgehead atoms. The fraction of sp³-hybridized carbons (Fsp3) is 0.214. The van der Waals surface area contributed by atoms with Crippen molar-refractivity contribution in [2.45, 2.75) is 18.5 Å². The van der Waals surface area contributed by atoms with E-state index in [9.17, 15) is 4.79 Å². The highest BCUT2D eigenvalue weighted by Gasteiger charge is 2.43. The topological polar surface area (TPSA) is 47.8 Å². The highest BCUT2D eigenvalue weighted by atomic mass is 16.5. The maximum Gasteiger partial charge on any atom is 0.375 e.